The number of carbonyl (C=O) groups is 2. The Morgan fingerprint density at radius 1 is 1.35 bits per heavy atom. The number of aromatic carboxylic acids is 1. The smallest absolute Gasteiger partial charge is 0.335 e. The van der Waals surface area contributed by atoms with E-state index in [0.717, 1.165) is 0 Å². The molecule has 6 heteroatoms. The molecule has 2 aromatic rings. The minimum absolute atomic E-state index is 0.0487. The molecule has 0 atom stereocenters. The van der Waals surface area contributed by atoms with Crippen LogP contribution in [0.15, 0.2) is 34.9 Å². The predicted octanol–water partition coefficient (Wildman–Crippen LogP) is 3.45. The standard InChI is InChI=1S/C14H12ClNO4/c1-2-12-9(5-6-20-12)13(17)16-11-7-8(14(18)19)3-4-10(11)15/h3-7H,2H2,1H3,(H,16,17)(H,18,19). The molecule has 0 aliphatic rings. The fourth-order valence-electron chi connectivity index (χ4n) is 1.76. The first-order valence-corrected chi connectivity index (χ1v) is 6.31. The lowest BCUT2D eigenvalue weighted by molar-refractivity contribution is 0.0696. The summed E-state index contributed by atoms with van der Waals surface area (Å²) in [5.41, 5.74) is 0.705. The number of carboxylic acid groups (broad SMARTS) is 1. The van der Waals surface area contributed by atoms with Crippen molar-refractivity contribution in [2.24, 2.45) is 0 Å². The Morgan fingerprint density at radius 3 is 2.75 bits per heavy atom. The van der Waals surface area contributed by atoms with E-state index in [9.17, 15) is 9.59 Å². The first kappa shape index (κ1) is 14.1. The highest BCUT2D eigenvalue weighted by Gasteiger charge is 2.15. The van der Waals surface area contributed by atoms with Gasteiger partial charge in [-0.15, -0.1) is 0 Å². The number of amides is 1. The molecule has 0 fully saturated rings. The molecule has 5 nitrogen and oxygen atoms in total. The number of carbonyl (C=O) groups excluding carboxylic acids is 1. The second kappa shape index (κ2) is 5.79. The molecule has 1 amide bonds. The van der Waals surface area contributed by atoms with Gasteiger partial charge in [-0.05, 0) is 24.3 Å². The van der Waals surface area contributed by atoms with Crippen LogP contribution in [0.5, 0.6) is 0 Å². The normalized spacial score (nSPS) is 10.3. The minimum Gasteiger partial charge on any atom is -0.478 e. The zero-order chi connectivity index (χ0) is 14.7. The molecule has 1 heterocycles. The average Bonchev–Trinajstić information content (AvgIpc) is 2.89. The van der Waals surface area contributed by atoms with Crippen LogP contribution in [0.3, 0.4) is 0 Å². The molecule has 0 bridgehead atoms. The molecule has 0 aliphatic heterocycles. The molecule has 2 rings (SSSR count). The summed E-state index contributed by atoms with van der Waals surface area (Å²) in [7, 11) is 0. The Balaban J connectivity index is 2.28. The summed E-state index contributed by atoms with van der Waals surface area (Å²) in [5.74, 6) is -0.914. The van der Waals surface area contributed by atoms with Crippen LogP contribution in [0.4, 0.5) is 5.69 Å². The van der Waals surface area contributed by atoms with Crippen LogP contribution in [-0.4, -0.2) is 17.0 Å². The van der Waals surface area contributed by atoms with E-state index in [-0.39, 0.29) is 22.2 Å². The lowest BCUT2D eigenvalue weighted by Gasteiger charge is -2.08. The Kier molecular flexibility index (Phi) is 4.10. The number of halogens is 1. The van der Waals surface area contributed by atoms with Crippen molar-refractivity contribution < 1.29 is 19.1 Å². The van der Waals surface area contributed by atoms with Crippen molar-refractivity contribution in [3.63, 3.8) is 0 Å². The number of hydrogen-bond acceptors (Lipinski definition) is 3. The predicted molar refractivity (Wildman–Crippen MR) is 74.5 cm³/mol. The third kappa shape index (κ3) is 2.83. The highest BCUT2D eigenvalue weighted by Crippen LogP contribution is 2.24. The summed E-state index contributed by atoms with van der Waals surface area (Å²) in [6, 6.07) is 5.67. The van der Waals surface area contributed by atoms with Crippen LogP contribution in [0.1, 0.15) is 33.4 Å². The number of anilines is 1. The van der Waals surface area contributed by atoms with Crippen molar-refractivity contribution in [2.75, 3.05) is 5.32 Å². The van der Waals surface area contributed by atoms with Crippen LogP contribution < -0.4 is 5.32 Å². The molecule has 0 radical (unpaired) electrons. The zero-order valence-corrected chi connectivity index (χ0v) is 11.4. The molecule has 0 saturated carbocycles. The van der Waals surface area contributed by atoms with Crippen molar-refractivity contribution in [1.82, 2.24) is 0 Å². The number of furan rings is 1. The van der Waals surface area contributed by atoms with Gasteiger partial charge in [0.2, 0.25) is 0 Å². The lowest BCUT2D eigenvalue weighted by Crippen LogP contribution is -2.13. The Labute approximate surface area is 120 Å². The third-order valence-electron chi connectivity index (χ3n) is 2.77. The summed E-state index contributed by atoms with van der Waals surface area (Å²) in [6.07, 6.45) is 2.02. The second-order valence-corrected chi connectivity index (χ2v) is 4.47. The fourth-order valence-corrected chi connectivity index (χ4v) is 1.93. The molecular formula is C14H12ClNO4. The monoisotopic (exact) mass is 293 g/mol. The number of nitrogens with one attached hydrogen (secondary N) is 1. The van der Waals surface area contributed by atoms with Crippen molar-refractivity contribution in [1.29, 1.82) is 0 Å². The number of carboxylic acids is 1. The van der Waals surface area contributed by atoms with Crippen molar-refractivity contribution >= 4 is 29.2 Å². The van der Waals surface area contributed by atoms with Crippen LogP contribution in [0.25, 0.3) is 0 Å². The topological polar surface area (TPSA) is 79.5 Å². The number of benzene rings is 1. The molecule has 1 aromatic carbocycles. The van der Waals surface area contributed by atoms with Gasteiger partial charge in [0.05, 0.1) is 28.1 Å². The van der Waals surface area contributed by atoms with Crippen molar-refractivity contribution in [3.8, 4) is 0 Å². The maximum atomic E-state index is 12.1. The maximum Gasteiger partial charge on any atom is 0.335 e. The van der Waals surface area contributed by atoms with Gasteiger partial charge >= 0.3 is 5.97 Å². The SMILES string of the molecule is CCc1occc1C(=O)Nc1cc(C(=O)O)ccc1Cl. The van der Waals surface area contributed by atoms with Gasteiger partial charge in [-0.2, -0.15) is 0 Å². The molecule has 2 N–H and O–H groups in total. The summed E-state index contributed by atoms with van der Waals surface area (Å²) in [6.45, 7) is 1.87. The molecule has 0 aliphatic carbocycles. The summed E-state index contributed by atoms with van der Waals surface area (Å²) in [4.78, 5) is 23.0. The van der Waals surface area contributed by atoms with E-state index in [1.54, 1.807) is 6.07 Å². The van der Waals surface area contributed by atoms with Gasteiger partial charge in [0, 0.05) is 6.42 Å². The molecule has 20 heavy (non-hydrogen) atoms. The van der Waals surface area contributed by atoms with Gasteiger partial charge < -0.3 is 14.8 Å². The Bertz CT molecular complexity index is 663. The number of hydrogen-bond donors (Lipinski definition) is 2. The zero-order valence-electron chi connectivity index (χ0n) is 10.6. The van der Waals surface area contributed by atoms with Crippen LogP contribution in [0, 0.1) is 0 Å². The summed E-state index contributed by atoms with van der Waals surface area (Å²) in [5, 5.41) is 11.8. The van der Waals surface area contributed by atoms with Gasteiger partial charge in [-0.1, -0.05) is 18.5 Å². The minimum atomic E-state index is -1.09. The van der Waals surface area contributed by atoms with Gasteiger partial charge in [0.25, 0.3) is 5.91 Å². The Morgan fingerprint density at radius 2 is 2.10 bits per heavy atom. The third-order valence-corrected chi connectivity index (χ3v) is 3.10. The lowest BCUT2D eigenvalue weighted by atomic mass is 10.1. The highest BCUT2D eigenvalue weighted by molar-refractivity contribution is 6.34. The van der Waals surface area contributed by atoms with Crippen LogP contribution >= 0.6 is 11.6 Å². The van der Waals surface area contributed by atoms with E-state index in [0.29, 0.717) is 17.7 Å². The van der Waals surface area contributed by atoms with E-state index in [4.69, 9.17) is 21.1 Å². The highest BCUT2D eigenvalue weighted by atomic mass is 35.5. The van der Waals surface area contributed by atoms with Crippen LogP contribution in [0.2, 0.25) is 5.02 Å². The first-order valence-electron chi connectivity index (χ1n) is 5.93. The van der Waals surface area contributed by atoms with E-state index in [1.807, 2.05) is 6.92 Å². The summed E-state index contributed by atoms with van der Waals surface area (Å²) < 4.78 is 5.18. The van der Waals surface area contributed by atoms with E-state index in [1.165, 1.54) is 24.5 Å². The fraction of sp³-hybridized carbons (Fsp3) is 0.143. The number of aryl methyl sites for hydroxylation is 1. The van der Waals surface area contributed by atoms with Gasteiger partial charge in [-0.3, -0.25) is 4.79 Å². The largest absolute Gasteiger partial charge is 0.478 e. The molecular weight excluding hydrogens is 282 g/mol. The number of rotatable bonds is 4. The quantitative estimate of drug-likeness (QED) is 0.905. The molecule has 1 aromatic heterocycles. The molecule has 104 valence electrons. The van der Waals surface area contributed by atoms with E-state index >= 15 is 0 Å². The molecule has 0 spiro atoms. The summed E-state index contributed by atoms with van der Waals surface area (Å²) >= 11 is 5.95. The van der Waals surface area contributed by atoms with Crippen molar-refractivity contribution in [2.45, 2.75) is 13.3 Å². The second-order valence-electron chi connectivity index (χ2n) is 4.06. The van der Waals surface area contributed by atoms with Gasteiger partial charge in [-0.25, -0.2) is 4.79 Å². The maximum absolute atomic E-state index is 12.1. The van der Waals surface area contributed by atoms with E-state index in [2.05, 4.69) is 5.32 Å². The Hall–Kier alpha value is -2.27. The van der Waals surface area contributed by atoms with Gasteiger partial charge in [0.1, 0.15) is 5.76 Å². The average molecular weight is 294 g/mol. The first-order chi connectivity index (χ1) is 9.52. The molecule has 0 unspecified atom stereocenters. The molecule has 0 saturated heterocycles. The van der Waals surface area contributed by atoms with Gasteiger partial charge in [0.15, 0.2) is 0 Å². The van der Waals surface area contributed by atoms with Crippen molar-refractivity contribution in [3.05, 3.63) is 52.4 Å². The van der Waals surface area contributed by atoms with Crippen LogP contribution in [-0.2, 0) is 6.42 Å². The van der Waals surface area contributed by atoms with E-state index < -0.39 is 5.97 Å².